The number of rotatable bonds is 10. The standard InChI is InChI=1S/2C6H9O3.C5H8O4.Al/c2*1-3-5(4(2)7)6(8)9;6-4(7)2-1-3-5(8)9;/h2*5H,1,3H2,2H3,(H,8,9);1-3H2,(H,6,7)(H,8,9);/q2*-1;;+3/p-1. The number of carboxylic acid groups (broad SMARTS) is 4. The van der Waals surface area contributed by atoms with Crippen molar-refractivity contribution in [3.8, 4) is 0 Å². The topological polar surface area (TPSA) is 186 Å². The molecular weight excluding hydrogens is 391 g/mol. The fourth-order valence-corrected chi connectivity index (χ4v) is 1.39. The van der Waals surface area contributed by atoms with Crippen LogP contribution in [0.25, 0.3) is 0 Å². The smallest absolute Gasteiger partial charge is 0.550 e. The van der Waals surface area contributed by atoms with E-state index < -0.39 is 35.7 Å². The Hall–Kier alpha value is -2.25. The van der Waals surface area contributed by atoms with E-state index in [-0.39, 0.29) is 61.0 Å². The second-order valence-electron chi connectivity index (χ2n) is 5.20. The first kappa shape index (κ1) is 33.3. The minimum Gasteiger partial charge on any atom is -0.550 e. The third-order valence-electron chi connectivity index (χ3n) is 2.93. The van der Waals surface area contributed by atoms with E-state index in [2.05, 4.69) is 13.8 Å². The molecule has 0 amide bonds. The quantitative estimate of drug-likeness (QED) is 0.240. The molecule has 0 fully saturated rings. The van der Waals surface area contributed by atoms with Gasteiger partial charge in [-0.25, -0.2) is 0 Å². The van der Waals surface area contributed by atoms with Crippen molar-refractivity contribution >= 4 is 52.8 Å². The van der Waals surface area contributed by atoms with E-state index in [1.807, 2.05) is 0 Å². The van der Waals surface area contributed by atoms with Crippen LogP contribution < -0.4 is 5.11 Å². The zero-order chi connectivity index (χ0) is 22.2. The van der Waals surface area contributed by atoms with Crippen molar-refractivity contribution < 1.29 is 49.2 Å². The molecule has 11 heteroatoms. The largest absolute Gasteiger partial charge is 3.00 e. The van der Waals surface area contributed by atoms with E-state index in [1.165, 1.54) is 13.8 Å². The molecule has 0 aliphatic carbocycles. The Morgan fingerprint density at radius 1 is 0.786 bits per heavy atom. The van der Waals surface area contributed by atoms with Crippen LogP contribution in [0, 0.1) is 25.7 Å². The van der Waals surface area contributed by atoms with Crippen LogP contribution in [0.1, 0.15) is 46.0 Å². The van der Waals surface area contributed by atoms with Gasteiger partial charge < -0.3 is 39.1 Å². The second-order valence-corrected chi connectivity index (χ2v) is 5.20. The molecule has 0 spiro atoms. The van der Waals surface area contributed by atoms with Crippen LogP contribution in [0.15, 0.2) is 0 Å². The maximum atomic E-state index is 10.4. The zero-order valence-electron chi connectivity index (χ0n) is 15.9. The summed E-state index contributed by atoms with van der Waals surface area (Å²) in [5.41, 5.74) is 0. The summed E-state index contributed by atoms with van der Waals surface area (Å²) in [6.07, 6.45) is 0.132. The van der Waals surface area contributed by atoms with Gasteiger partial charge >= 0.3 is 35.3 Å². The van der Waals surface area contributed by atoms with E-state index in [1.54, 1.807) is 0 Å². The Labute approximate surface area is 174 Å². The fraction of sp³-hybridized carbons (Fsp3) is 0.529. The van der Waals surface area contributed by atoms with E-state index in [0.29, 0.717) is 0 Å². The third kappa shape index (κ3) is 21.8. The molecule has 0 aliphatic rings. The molecule has 3 N–H and O–H groups in total. The van der Waals surface area contributed by atoms with Gasteiger partial charge in [0.2, 0.25) is 0 Å². The number of carbonyl (C=O) groups is 6. The summed E-state index contributed by atoms with van der Waals surface area (Å²) < 4.78 is 0. The first-order chi connectivity index (χ1) is 12.3. The number of Topliss-reactive ketones (excluding diaryl/α,β-unsaturated/α-hetero) is 2. The molecule has 0 bridgehead atoms. The van der Waals surface area contributed by atoms with Crippen molar-refractivity contribution in [3.05, 3.63) is 13.8 Å². The molecule has 0 radical (unpaired) electrons. The summed E-state index contributed by atoms with van der Waals surface area (Å²) >= 11 is 0. The number of aliphatic carboxylic acids is 4. The molecule has 2 atom stereocenters. The van der Waals surface area contributed by atoms with Crippen LogP contribution in [0.4, 0.5) is 0 Å². The van der Waals surface area contributed by atoms with Gasteiger partial charge in [-0.3, -0.25) is 24.0 Å². The van der Waals surface area contributed by atoms with Gasteiger partial charge in [0.1, 0.15) is 11.6 Å². The van der Waals surface area contributed by atoms with Crippen LogP contribution >= 0.6 is 0 Å². The molecule has 0 aliphatic heterocycles. The molecule has 2 unspecified atom stereocenters. The molecule has 0 rings (SSSR count). The Morgan fingerprint density at radius 3 is 1.21 bits per heavy atom. The monoisotopic (exact) mass is 416 g/mol. The molecular formula is C17H25AlO10. The van der Waals surface area contributed by atoms with Gasteiger partial charge in [0, 0.05) is 12.4 Å². The Bertz CT molecular complexity index is 456. The molecule has 0 aromatic carbocycles. The summed E-state index contributed by atoms with van der Waals surface area (Å²) in [4.78, 5) is 60.5. The van der Waals surface area contributed by atoms with Crippen LogP contribution in [0.5, 0.6) is 0 Å². The molecule has 0 heterocycles. The Morgan fingerprint density at radius 2 is 1.11 bits per heavy atom. The van der Waals surface area contributed by atoms with Gasteiger partial charge in [-0.05, 0) is 26.7 Å². The number of carbonyl (C=O) groups excluding carboxylic acids is 3. The predicted octanol–water partition coefficient (Wildman–Crippen LogP) is -0.389. The maximum Gasteiger partial charge on any atom is 3.00 e. The molecule has 0 aromatic rings. The van der Waals surface area contributed by atoms with Gasteiger partial charge in [0.05, 0.1) is 11.8 Å². The predicted molar refractivity (Wildman–Crippen MR) is 95.8 cm³/mol. The van der Waals surface area contributed by atoms with Gasteiger partial charge in [-0.1, -0.05) is 0 Å². The number of carboxylic acids is 4. The van der Waals surface area contributed by atoms with Crippen molar-refractivity contribution in [3.63, 3.8) is 0 Å². The summed E-state index contributed by atoms with van der Waals surface area (Å²) in [6.45, 7) is 9.16. The minimum atomic E-state index is -1.20. The molecule has 0 aromatic heterocycles. The SMILES string of the molecule is O=C([O-])CCCC(=O)O.[Al+3].[CH2-]CC(C(C)=O)C(=O)O.[CH2-]CC(C(C)=O)C(=O)O. The van der Waals surface area contributed by atoms with Crippen LogP contribution in [-0.4, -0.2) is 68.1 Å². The first-order valence-electron chi connectivity index (χ1n) is 7.78. The number of hydrogen-bond donors (Lipinski definition) is 3. The third-order valence-corrected chi connectivity index (χ3v) is 2.93. The maximum absolute atomic E-state index is 10.4. The summed E-state index contributed by atoms with van der Waals surface area (Å²) in [7, 11) is 0. The summed E-state index contributed by atoms with van der Waals surface area (Å²) in [6, 6.07) is 0. The second kappa shape index (κ2) is 19.5. The molecule has 156 valence electrons. The van der Waals surface area contributed by atoms with Crippen LogP contribution in [0.3, 0.4) is 0 Å². The van der Waals surface area contributed by atoms with Crippen molar-refractivity contribution in [1.29, 1.82) is 0 Å². The van der Waals surface area contributed by atoms with Gasteiger partial charge in [-0.15, -0.1) is 0 Å². The van der Waals surface area contributed by atoms with Crippen LogP contribution in [0.2, 0.25) is 0 Å². The van der Waals surface area contributed by atoms with Gasteiger partial charge in [0.15, 0.2) is 0 Å². The van der Waals surface area contributed by atoms with Crippen molar-refractivity contribution in [2.24, 2.45) is 11.8 Å². The molecule has 28 heavy (non-hydrogen) atoms. The fourth-order valence-electron chi connectivity index (χ4n) is 1.39. The Balaban J connectivity index is -0.000000152. The molecule has 0 saturated carbocycles. The first-order valence-corrected chi connectivity index (χ1v) is 7.78. The van der Waals surface area contributed by atoms with Crippen molar-refractivity contribution in [2.75, 3.05) is 0 Å². The zero-order valence-corrected chi connectivity index (χ0v) is 17.0. The van der Waals surface area contributed by atoms with Crippen molar-refractivity contribution in [1.82, 2.24) is 0 Å². The summed E-state index contributed by atoms with van der Waals surface area (Å²) in [5.74, 6) is -6.84. The molecule has 10 nitrogen and oxygen atoms in total. The number of hydrogen-bond acceptors (Lipinski definition) is 7. The number of ketones is 2. The van der Waals surface area contributed by atoms with Crippen molar-refractivity contribution in [2.45, 2.75) is 46.0 Å². The Kier molecular flexibility index (Phi) is 23.2. The van der Waals surface area contributed by atoms with Gasteiger partial charge in [-0.2, -0.15) is 12.8 Å². The minimum absolute atomic E-state index is 0. The van der Waals surface area contributed by atoms with E-state index in [4.69, 9.17) is 15.3 Å². The average molecular weight is 416 g/mol. The normalized spacial score (nSPS) is 11.0. The summed E-state index contributed by atoms with van der Waals surface area (Å²) in [5, 5.41) is 34.3. The van der Waals surface area contributed by atoms with Crippen LogP contribution in [-0.2, 0) is 28.8 Å². The molecule has 0 saturated heterocycles. The average Bonchev–Trinajstić information content (AvgIpc) is 2.47. The van der Waals surface area contributed by atoms with E-state index in [9.17, 15) is 33.9 Å². The van der Waals surface area contributed by atoms with E-state index in [0.717, 1.165) is 0 Å². The van der Waals surface area contributed by atoms with E-state index >= 15 is 0 Å². The van der Waals surface area contributed by atoms with Gasteiger partial charge in [0.25, 0.3) is 0 Å².